The van der Waals surface area contributed by atoms with E-state index in [0.717, 1.165) is 7.57 Å². The van der Waals surface area contributed by atoms with E-state index in [1.165, 1.54) is 17.4 Å². The number of hydrogen-bond acceptors (Lipinski definition) is 2. The molecule has 0 spiro atoms. The summed E-state index contributed by atoms with van der Waals surface area (Å²) in [6.45, 7) is 0. The quantitative estimate of drug-likeness (QED) is 0.670. The lowest BCUT2D eigenvalue weighted by molar-refractivity contribution is 0.218. The molecule has 1 unspecified atom stereocenters. The van der Waals surface area contributed by atoms with Crippen LogP contribution in [0.2, 0.25) is 0 Å². The standard InChI is InChI=1S/C11H6Br3FOS/c12-8-4-6(11(14)17-8)10(16)5-2-1-3-7(15)9(5)13/h1-4,10,16H. The van der Waals surface area contributed by atoms with Crippen molar-refractivity contribution < 1.29 is 9.50 Å². The summed E-state index contributed by atoms with van der Waals surface area (Å²) in [5, 5.41) is 10.3. The Morgan fingerprint density at radius 3 is 2.47 bits per heavy atom. The molecule has 1 heterocycles. The van der Waals surface area contributed by atoms with Crippen LogP contribution >= 0.6 is 59.1 Å². The SMILES string of the molecule is OC(c1cc(Br)sc1Br)c1cccc(F)c1Br. The first kappa shape index (κ1) is 13.7. The van der Waals surface area contributed by atoms with E-state index >= 15 is 0 Å². The lowest BCUT2D eigenvalue weighted by Crippen LogP contribution is -2.01. The van der Waals surface area contributed by atoms with Gasteiger partial charge < -0.3 is 5.11 Å². The monoisotopic (exact) mass is 442 g/mol. The molecular weight excluding hydrogens is 439 g/mol. The fraction of sp³-hybridized carbons (Fsp3) is 0.0909. The molecule has 1 atom stereocenters. The molecule has 1 N–H and O–H groups in total. The lowest BCUT2D eigenvalue weighted by Gasteiger charge is -2.12. The molecule has 0 aliphatic rings. The zero-order valence-electron chi connectivity index (χ0n) is 8.25. The van der Waals surface area contributed by atoms with Crippen LogP contribution in [0, 0.1) is 5.82 Å². The molecule has 1 aromatic heterocycles. The fourth-order valence-corrected chi connectivity index (χ4v) is 4.80. The van der Waals surface area contributed by atoms with Crippen molar-refractivity contribution in [2.45, 2.75) is 6.10 Å². The average molecular weight is 445 g/mol. The first-order valence-corrected chi connectivity index (χ1v) is 7.77. The van der Waals surface area contributed by atoms with Crippen molar-refractivity contribution in [3.8, 4) is 0 Å². The molecular formula is C11H6Br3FOS. The molecule has 0 amide bonds. The molecule has 2 aromatic rings. The topological polar surface area (TPSA) is 20.2 Å². The summed E-state index contributed by atoms with van der Waals surface area (Å²) in [6.07, 6.45) is -0.864. The van der Waals surface area contributed by atoms with Crippen molar-refractivity contribution >= 4 is 59.1 Å². The van der Waals surface area contributed by atoms with Crippen LogP contribution in [-0.2, 0) is 0 Å². The van der Waals surface area contributed by atoms with Crippen molar-refractivity contribution in [3.63, 3.8) is 0 Å². The van der Waals surface area contributed by atoms with E-state index in [9.17, 15) is 9.50 Å². The van der Waals surface area contributed by atoms with Crippen LogP contribution in [0.1, 0.15) is 17.2 Å². The van der Waals surface area contributed by atoms with Crippen LogP contribution in [0.4, 0.5) is 4.39 Å². The summed E-state index contributed by atoms with van der Waals surface area (Å²) < 4.78 is 15.4. The van der Waals surface area contributed by atoms with Gasteiger partial charge in [-0.25, -0.2) is 4.39 Å². The summed E-state index contributed by atoms with van der Waals surface area (Å²) in [4.78, 5) is 0. The molecule has 0 saturated heterocycles. The van der Waals surface area contributed by atoms with Gasteiger partial charge in [-0.2, -0.15) is 0 Å². The highest BCUT2D eigenvalue weighted by Crippen LogP contribution is 2.39. The maximum Gasteiger partial charge on any atom is 0.137 e. The number of hydrogen-bond donors (Lipinski definition) is 1. The molecule has 0 aliphatic carbocycles. The lowest BCUT2D eigenvalue weighted by atomic mass is 10.0. The first-order valence-electron chi connectivity index (χ1n) is 4.57. The van der Waals surface area contributed by atoms with Crippen molar-refractivity contribution in [2.24, 2.45) is 0 Å². The van der Waals surface area contributed by atoms with Crippen molar-refractivity contribution in [1.82, 2.24) is 0 Å². The van der Waals surface area contributed by atoms with E-state index < -0.39 is 6.10 Å². The summed E-state index contributed by atoms with van der Waals surface area (Å²) >= 11 is 11.3. The predicted octanol–water partition coefficient (Wildman–Crippen LogP) is 5.26. The van der Waals surface area contributed by atoms with E-state index in [0.29, 0.717) is 15.6 Å². The third-order valence-electron chi connectivity index (χ3n) is 2.25. The number of aliphatic hydroxyl groups excluding tert-OH is 1. The highest BCUT2D eigenvalue weighted by molar-refractivity contribution is 9.12. The molecule has 1 nitrogen and oxygen atoms in total. The number of rotatable bonds is 2. The van der Waals surface area contributed by atoms with Gasteiger partial charge in [0.1, 0.15) is 11.9 Å². The maximum atomic E-state index is 13.4. The van der Waals surface area contributed by atoms with Gasteiger partial charge in [0.2, 0.25) is 0 Å². The summed E-state index contributed by atoms with van der Waals surface area (Å²) in [5.41, 5.74) is 1.23. The Bertz CT molecular complexity index is 556. The van der Waals surface area contributed by atoms with Gasteiger partial charge >= 0.3 is 0 Å². The number of benzene rings is 1. The van der Waals surface area contributed by atoms with Crippen LogP contribution < -0.4 is 0 Å². The van der Waals surface area contributed by atoms with Crippen LogP contribution in [0.25, 0.3) is 0 Å². The highest BCUT2D eigenvalue weighted by Gasteiger charge is 2.20. The third kappa shape index (κ3) is 2.81. The smallest absolute Gasteiger partial charge is 0.137 e. The summed E-state index contributed by atoms with van der Waals surface area (Å²) in [5.74, 6) is -0.382. The van der Waals surface area contributed by atoms with Crippen LogP contribution in [0.3, 0.4) is 0 Å². The van der Waals surface area contributed by atoms with Gasteiger partial charge in [0.15, 0.2) is 0 Å². The Kier molecular flexibility index (Phi) is 4.41. The second-order valence-corrected chi connectivity index (χ2v) is 7.87. The summed E-state index contributed by atoms with van der Waals surface area (Å²) in [7, 11) is 0. The van der Waals surface area contributed by atoms with Crippen molar-refractivity contribution in [3.05, 3.63) is 53.3 Å². The Hall–Kier alpha value is 0.250. The second kappa shape index (κ2) is 5.48. The number of halogens is 4. The van der Waals surface area contributed by atoms with Gasteiger partial charge in [-0.15, -0.1) is 11.3 Å². The minimum absolute atomic E-state index is 0.293. The van der Waals surface area contributed by atoms with Crippen LogP contribution in [0.5, 0.6) is 0 Å². The Balaban J connectivity index is 2.47. The van der Waals surface area contributed by atoms with Gasteiger partial charge in [0.25, 0.3) is 0 Å². The molecule has 0 bridgehead atoms. The molecule has 17 heavy (non-hydrogen) atoms. The molecule has 6 heteroatoms. The van der Waals surface area contributed by atoms with Crippen molar-refractivity contribution in [1.29, 1.82) is 0 Å². The van der Waals surface area contributed by atoms with Gasteiger partial charge in [0, 0.05) is 11.1 Å². The Morgan fingerprint density at radius 1 is 1.18 bits per heavy atom. The largest absolute Gasteiger partial charge is 0.384 e. The van der Waals surface area contributed by atoms with Crippen LogP contribution in [0.15, 0.2) is 36.3 Å². The Morgan fingerprint density at radius 2 is 1.88 bits per heavy atom. The fourth-order valence-electron chi connectivity index (χ4n) is 1.44. The number of aliphatic hydroxyl groups is 1. The molecule has 0 aliphatic heterocycles. The van der Waals surface area contributed by atoms with Crippen LogP contribution in [-0.4, -0.2) is 5.11 Å². The van der Waals surface area contributed by atoms with Gasteiger partial charge in [0.05, 0.1) is 12.0 Å². The van der Waals surface area contributed by atoms with E-state index in [1.54, 1.807) is 12.1 Å². The number of thiophene rings is 1. The normalized spacial score (nSPS) is 12.8. The predicted molar refractivity (Wildman–Crippen MR) is 77.9 cm³/mol. The highest BCUT2D eigenvalue weighted by atomic mass is 79.9. The molecule has 0 radical (unpaired) electrons. The van der Waals surface area contributed by atoms with Gasteiger partial charge in [-0.05, 0) is 59.9 Å². The summed E-state index contributed by atoms with van der Waals surface area (Å²) in [6, 6.07) is 6.43. The minimum Gasteiger partial charge on any atom is -0.384 e. The van der Waals surface area contributed by atoms with E-state index in [4.69, 9.17) is 0 Å². The first-order chi connectivity index (χ1) is 8.00. The van der Waals surface area contributed by atoms with E-state index in [1.807, 2.05) is 6.07 Å². The average Bonchev–Trinajstić information content (AvgIpc) is 2.61. The van der Waals surface area contributed by atoms with Gasteiger partial charge in [-0.1, -0.05) is 12.1 Å². The Labute approximate surface area is 127 Å². The van der Waals surface area contributed by atoms with Gasteiger partial charge in [-0.3, -0.25) is 0 Å². The van der Waals surface area contributed by atoms with Crippen molar-refractivity contribution in [2.75, 3.05) is 0 Å². The minimum atomic E-state index is -0.864. The molecule has 0 saturated carbocycles. The zero-order chi connectivity index (χ0) is 12.6. The molecule has 0 fully saturated rings. The molecule has 90 valence electrons. The maximum absolute atomic E-state index is 13.4. The third-order valence-corrected chi connectivity index (χ3v) is 5.48. The molecule has 1 aromatic carbocycles. The van der Waals surface area contributed by atoms with E-state index in [-0.39, 0.29) is 5.82 Å². The second-order valence-electron chi connectivity index (χ2n) is 3.33. The van der Waals surface area contributed by atoms with E-state index in [2.05, 4.69) is 47.8 Å². The zero-order valence-corrected chi connectivity index (χ0v) is 13.8. The molecule has 2 rings (SSSR count).